The van der Waals surface area contributed by atoms with Crippen molar-refractivity contribution in [2.45, 2.75) is 25.4 Å². The van der Waals surface area contributed by atoms with Crippen molar-refractivity contribution in [3.63, 3.8) is 0 Å². The summed E-state index contributed by atoms with van der Waals surface area (Å²) in [6.45, 7) is 0.804. The third-order valence-corrected chi connectivity index (χ3v) is 4.27. The Hall–Kier alpha value is -1.39. The molecule has 0 heterocycles. The molecular formula is C17H18BrFN2. The van der Waals surface area contributed by atoms with E-state index in [4.69, 9.17) is 0 Å². The monoisotopic (exact) mass is 348 g/mol. The first-order valence-corrected chi connectivity index (χ1v) is 7.94. The number of benzene rings is 2. The van der Waals surface area contributed by atoms with Gasteiger partial charge in [0.2, 0.25) is 0 Å². The second-order valence-corrected chi connectivity index (χ2v) is 6.35. The Bertz CT molecular complexity index is 640. The van der Waals surface area contributed by atoms with Crippen molar-refractivity contribution in [2.24, 2.45) is 0 Å². The molecule has 1 fully saturated rings. The molecule has 1 saturated carbocycles. The fourth-order valence-corrected chi connectivity index (χ4v) is 2.83. The van der Waals surface area contributed by atoms with Crippen molar-refractivity contribution in [1.82, 2.24) is 5.32 Å². The van der Waals surface area contributed by atoms with Crippen molar-refractivity contribution in [3.8, 4) is 0 Å². The Kier molecular flexibility index (Phi) is 4.27. The lowest BCUT2D eigenvalue weighted by Gasteiger charge is -2.23. The molecule has 110 valence electrons. The summed E-state index contributed by atoms with van der Waals surface area (Å²) in [5, 5.41) is 3.52. The van der Waals surface area contributed by atoms with Crippen LogP contribution < -0.4 is 10.2 Å². The number of nitrogens with one attached hydrogen (secondary N) is 1. The van der Waals surface area contributed by atoms with Gasteiger partial charge in [-0.2, -0.15) is 0 Å². The maximum atomic E-state index is 14.0. The molecule has 1 aliphatic carbocycles. The Labute approximate surface area is 133 Å². The summed E-state index contributed by atoms with van der Waals surface area (Å²) in [5.41, 5.74) is 2.78. The molecule has 1 aliphatic rings. The molecule has 0 aromatic heterocycles. The highest BCUT2D eigenvalue weighted by Crippen LogP contribution is 2.31. The summed E-state index contributed by atoms with van der Waals surface area (Å²) < 4.78 is 15.0. The maximum absolute atomic E-state index is 14.0. The molecule has 4 heteroatoms. The van der Waals surface area contributed by atoms with Crippen LogP contribution in [0.2, 0.25) is 0 Å². The van der Waals surface area contributed by atoms with E-state index < -0.39 is 0 Å². The number of para-hydroxylation sites is 1. The molecular weight excluding hydrogens is 331 g/mol. The third kappa shape index (κ3) is 3.44. The summed E-state index contributed by atoms with van der Waals surface area (Å²) >= 11 is 3.52. The summed E-state index contributed by atoms with van der Waals surface area (Å²) in [6.07, 6.45) is 2.51. The van der Waals surface area contributed by atoms with Gasteiger partial charge in [-0.25, -0.2) is 4.39 Å². The molecule has 0 bridgehead atoms. The summed E-state index contributed by atoms with van der Waals surface area (Å²) in [4.78, 5) is 1.91. The molecule has 0 unspecified atom stereocenters. The molecule has 0 saturated heterocycles. The Morgan fingerprint density at radius 1 is 1.19 bits per heavy atom. The van der Waals surface area contributed by atoms with Crippen LogP contribution in [0.15, 0.2) is 46.9 Å². The van der Waals surface area contributed by atoms with Crippen LogP contribution in [0.1, 0.15) is 18.4 Å². The number of rotatable bonds is 5. The van der Waals surface area contributed by atoms with Gasteiger partial charge in [-0.15, -0.1) is 0 Å². The fourth-order valence-electron chi connectivity index (χ4n) is 2.42. The van der Waals surface area contributed by atoms with Crippen LogP contribution in [-0.2, 0) is 6.54 Å². The van der Waals surface area contributed by atoms with E-state index in [0.29, 0.717) is 11.7 Å². The predicted octanol–water partition coefficient (Wildman–Crippen LogP) is 4.61. The van der Waals surface area contributed by atoms with Crippen molar-refractivity contribution in [1.29, 1.82) is 0 Å². The zero-order chi connectivity index (χ0) is 14.8. The Morgan fingerprint density at radius 2 is 1.95 bits per heavy atom. The van der Waals surface area contributed by atoms with Gasteiger partial charge in [0.1, 0.15) is 5.82 Å². The standard InChI is InChI=1S/C17H18BrFN2/c1-21(17-5-3-2-4-15(17)19)16-9-6-13(18)10-12(16)11-20-14-7-8-14/h2-6,9-10,14,20H,7-8,11H2,1H3. The van der Waals surface area contributed by atoms with E-state index >= 15 is 0 Å². The number of anilines is 2. The van der Waals surface area contributed by atoms with Gasteiger partial charge in [0.05, 0.1) is 5.69 Å². The van der Waals surface area contributed by atoms with E-state index in [-0.39, 0.29) is 5.82 Å². The van der Waals surface area contributed by atoms with E-state index in [0.717, 1.165) is 16.7 Å². The van der Waals surface area contributed by atoms with Gasteiger partial charge in [0, 0.05) is 29.8 Å². The Morgan fingerprint density at radius 3 is 2.67 bits per heavy atom. The summed E-state index contributed by atoms with van der Waals surface area (Å²) in [7, 11) is 1.91. The lowest BCUT2D eigenvalue weighted by Crippen LogP contribution is -2.19. The van der Waals surface area contributed by atoms with Gasteiger partial charge in [0.15, 0.2) is 0 Å². The molecule has 3 rings (SSSR count). The molecule has 2 nitrogen and oxygen atoms in total. The SMILES string of the molecule is CN(c1ccccc1F)c1ccc(Br)cc1CNC1CC1. The lowest BCUT2D eigenvalue weighted by atomic mass is 10.1. The predicted molar refractivity (Wildman–Crippen MR) is 88.5 cm³/mol. The Balaban J connectivity index is 1.90. The van der Waals surface area contributed by atoms with Crippen molar-refractivity contribution in [3.05, 3.63) is 58.3 Å². The average molecular weight is 349 g/mol. The number of hydrogen-bond donors (Lipinski definition) is 1. The molecule has 2 aromatic rings. The number of hydrogen-bond acceptors (Lipinski definition) is 2. The minimum atomic E-state index is -0.205. The molecule has 0 radical (unpaired) electrons. The van der Waals surface area contributed by atoms with E-state index in [9.17, 15) is 4.39 Å². The number of nitrogens with zero attached hydrogens (tertiary/aromatic N) is 1. The van der Waals surface area contributed by atoms with Crippen LogP contribution in [0.25, 0.3) is 0 Å². The van der Waals surface area contributed by atoms with Crippen LogP contribution >= 0.6 is 15.9 Å². The fraction of sp³-hybridized carbons (Fsp3) is 0.294. The third-order valence-electron chi connectivity index (χ3n) is 3.78. The molecule has 1 N–H and O–H groups in total. The second kappa shape index (κ2) is 6.16. The second-order valence-electron chi connectivity index (χ2n) is 5.44. The molecule has 0 amide bonds. The van der Waals surface area contributed by atoms with Gasteiger partial charge >= 0.3 is 0 Å². The zero-order valence-electron chi connectivity index (χ0n) is 11.9. The molecule has 21 heavy (non-hydrogen) atoms. The lowest BCUT2D eigenvalue weighted by molar-refractivity contribution is 0.627. The summed E-state index contributed by atoms with van der Waals surface area (Å²) in [6, 6.07) is 13.6. The van der Waals surface area contributed by atoms with Gasteiger partial charge in [-0.05, 0) is 48.7 Å². The van der Waals surface area contributed by atoms with Gasteiger partial charge in [-0.3, -0.25) is 0 Å². The van der Waals surface area contributed by atoms with Gasteiger partial charge in [-0.1, -0.05) is 28.1 Å². The smallest absolute Gasteiger partial charge is 0.146 e. The highest BCUT2D eigenvalue weighted by molar-refractivity contribution is 9.10. The van der Waals surface area contributed by atoms with Crippen molar-refractivity contribution >= 4 is 27.3 Å². The highest BCUT2D eigenvalue weighted by Gasteiger charge is 2.21. The first-order valence-electron chi connectivity index (χ1n) is 7.15. The van der Waals surface area contributed by atoms with E-state index in [1.54, 1.807) is 12.1 Å². The van der Waals surface area contributed by atoms with Crippen molar-refractivity contribution < 1.29 is 4.39 Å². The zero-order valence-corrected chi connectivity index (χ0v) is 13.5. The topological polar surface area (TPSA) is 15.3 Å². The summed E-state index contributed by atoms with van der Waals surface area (Å²) in [5.74, 6) is -0.205. The molecule has 0 spiro atoms. The van der Waals surface area contributed by atoms with Crippen LogP contribution in [-0.4, -0.2) is 13.1 Å². The van der Waals surface area contributed by atoms with E-state index in [2.05, 4.69) is 27.3 Å². The van der Waals surface area contributed by atoms with Crippen LogP contribution in [0, 0.1) is 5.82 Å². The van der Waals surface area contributed by atoms with Gasteiger partial charge in [0.25, 0.3) is 0 Å². The van der Waals surface area contributed by atoms with Crippen LogP contribution in [0.3, 0.4) is 0 Å². The van der Waals surface area contributed by atoms with E-state index in [1.807, 2.05) is 30.1 Å². The highest BCUT2D eigenvalue weighted by atomic mass is 79.9. The largest absolute Gasteiger partial charge is 0.342 e. The first kappa shape index (κ1) is 14.5. The van der Waals surface area contributed by atoms with E-state index in [1.165, 1.54) is 24.5 Å². The maximum Gasteiger partial charge on any atom is 0.146 e. The average Bonchev–Trinajstić information content (AvgIpc) is 3.29. The van der Waals surface area contributed by atoms with Crippen LogP contribution in [0.4, 0.5) is 15.8 Å². The molecule has 2 aromatic carbocycles. The minimum Gasteiger partial charge on any atom is -0.342 e. The normalized spacial score (nSPS) is 14.2. The minimum absolute atomic E-state index is 0.205. The molecule has 0 atom stereocenters. The molecule has 0 aliphatic heterocycles. The quantitative estimate of drug-likeness (QED) is 0.848. The number of halogens is 2. The first-order chi connectivity index (χ1) is 10.1. The van der Waals surface area contributed by atoms with Crippen molar-refractivity contribution in [2.75, 3.05) is 11.9 Å². The van der Waals surface area contributed by atoms with Crippen LogP contribution in [0.5, 0.6) is 0 Å². The van der Waals surface area contributed by atoms with Gasteiger partial charge < -0.3 is 10.2 Å².